The molecule has 0 spiro atoms. The fourth-order valence-electron chi connectivity index (χ4n) is 3.44. The van der Waals surface area contributed by atoms with Gasteiger partial charge in [0.15, 0.2) is 0 Å². The highest BCUT2D eigenvalue weighted by Gasteiger charge is 2.33. The van der Waals surface area contributed by atoms with Crippen LogP contribution >= 0.6 is 0 Å². The van der Waals surface area contributed by atoms with Gasteiger partial charge in [-0.3, -0.25) is 4.90 Å². The van der Waals surface area contributed by atoms with Gasteiger partial charge in [0.25, 0.3) is 0 Å². The van der Waals surface area contributed by atoms with E-state index in [1.54, 1.807) is 0 Å². The molecule has 1 aromatic rings. The molecule has 3 nitrogen and oxygen atoms in total. The summed E-state index contributed by atoms with van der Waals surface area (Å²) in [4.78, 5) is 2.53. The summed E-state index contributed by atoms with van der Waals surface area (Å²) in [6.07, 6.45) is 3.45. The van der Waals surface area contributed by atoms with E-state index >= 15 is 0 Å². The lowest BCUT2D eigenvalue weighted by Crippen LogP contribution is -2.53. The van der Waals surface area contributed by atoms with Crippen LogP contribution in [0.4, 0.5) is 0 Å². The topological polar surface area (TPSA) is 38.5 Å². The van der Waals surface area contributed by atoms with Crippen molar-refractivity contribution < 1.29 is 4.74 Å². The van der Waals surface area contributed by atoms with Crippen molar-refractivity contribution in [2.75, 3.05) is 26.7 Å². The number of ether oxygens (including phenoxy) is 1. The summed E-state index contributed by atoms with van der Waals surface area (Å²) < 4.78 is 5.71. The molecule has 0 bridgehead atoms. The first kappa shape index (κ1) is 16.5. The molecular formula is C18H30N2O. The molecule has 3 atom stereocenters. The van der Waals surface area contributed by atoms with Gasteiger partial charge in [-0.1, -0.05) is 37.3 Å². The van der Waals surface area contributed by atoms with Crippen LogP contribution in [-0.4, -0.2) is 43.3 Å². The molecule has 0 amide bonds. The highest BCUT2D eigenvalue weighted by atomic mass is 16.5. The molecule has 0 radical (unpaired) electrons. The maximum atomic E-state index is 6.08. The Labute approximate surface area is 129 Å². The second-order valence-corrected chi connectivity index (χ2v) is 6.67. The van der Waals surface area contributed by atoms with Crippen molar-refractivity contribution in [3.63, 3.8) is 0 Å². The molecule has 3 heteroatoms. The minimum Gasteiger partial charge on any atom is -0.377 e. The molecule has 3 unspecified atom stereocenters. The van der Waals surface area contributed by atoms with Crippen molar-refractivity contribution in [1.29, 1.82) is 0 Å². The van der Waals surface area contributed by atoms with Gasteiger partial charge >= 0.3 is 0 Å². The Morgan fingerprint density at radius 1 is 1.33 bits per heavy atom. The second kappa shape index (κ2) is 7.39. The number of piperidine rings is 1. The van der Waals surface area contributed by atoms with E-state index in [2.05, 4.69) is 49.1 Å². The fourth-order valence-corrected chi connectivity index (χ4v) is 3.44. The smallest absolute Gasteiger partial charge is 0.0777 e. The Morgan fingerprint density at radius 2 is 2.05 bits per heavy atom. The predicted molar refractivity (Wildman–Crippen MR) is 88.5 cm³/mol. The number of methoxy groups -OCH3 is 1. The third-order valence-electron chi connectivity index (χ3n) is 4.96. The van der Waals surface area contributed by atoms with Crippen LogP contribution < -0.4 is 5.73 Å². The van der Waals surface area contributed by atoms with E-state index in [-0.39, 0.29) is 5.60 Å². The van der Waals surface area contributed by atoms with Gasteiger partial charge in [-0.05, 0) is 44.2 Å². The largest absolute Gasteiger partial charge is 0.377 e. The Balaban J connectivity index is 1.99. The highest BCUT2D eigenvalue weighted by Crippen LogP contribution is 2.28. The van der Waals surface area contributed by atoms with Crippen LogP contribution in [-0.2, 0) is 4.74 Å². The van der Waals surface area contributed by atoms with Crippen LogP contribution in [0.1, 0.15) is 44.6 Å². The minimum absolute atomic E-state index is 0.0122. The first-order valence-corrected chi connectivity index (χ1v) is 8.12. The quantitative estimate of drug-likeness (QED) is 0.875. The van der Waals surface area contributed by atoms with E-state index in [1.807, 2.05) is 7.11 Å². The number of nitrogens with two attached hydrogens (primary N) is 1. The Morgan fingerprint density at radius 3 is 2.67 bits per heavy atom. The SMILES string of the molecule is COC1(C)CCCN(C(CN)CC(C)c2ccccc2)C1. The molecule has 2 N–H and O–H groups in total. The maximum Gasteiger partial charge on any atom is 0.0777 e. The van der Waals surface area contributed by atoms with Crippen molar-refractivity contribution in [3.05, 3.63) is 35.9 Å². The molecule has 1 aliphatic heterocycles. The number of nitrogens with zero attached hydrogens (tertiary/aromatic N) is 1. The van der Waals surface area contributed by atoms with Crippen molar-refractivity contribution >= 4 is 0 Å². The number of likely N-dealkylation sites (tertiary alicyclic amines) is 1. The van der Waals surface area contributed by atoms with Gasteiger partial charge in [0, 0.05) is 26.2 Å². The molecular weight excluding hydrogens is 260 g/mol. The molecule has 0 aliphatic carbocycles. The van der Waals surface area contributed by atoms with E-state index in [9.17, 15) is 0 Å². The molecule has 1 aliphatic rings. The van der Waals surface area contributed by atoms with Gasteiger partial charge in [-0.15, -0.1) is 0 Å². The van der Waals surface area contributed by atoms with Crippen LogP contribution in [0.15, 0.2) is 30.3 Å². The lowest BCUT2D eigenvalue weighted by molar-refractivity contribution is -0.0615. The summed E-state index contributed by atoms with van der Waals surface area (Å²) >= 11 is 0. The van der Waals surface area contributed by atoms with Crippen LogP contribution in [0, 0.1) is 0 Å². The van der Waals surface area contributed by atoms with Gasteiger partial charge in [-0.2, -0.15) is 0 Å². The number of hydrogen-bond acceptors (Lipinski definition) is 3. The third-order valence-corrected chi connectivity index (χ3v) is 4.96. The average molecular weight is 290 g/mol. The molecule has 21 heavy (non-hydrogen) atoms. The number of rotatable bonds is 6. The summed E-state index contributed by atoms with van der Waals surface area (Å²) in [5.74, 6) is 0.537. The first-order valence-electron chi connectivity index (χ1n) is 8.12. The molecule has 0 aromatic heterocycles. The fraction of sp³-hybridized carbons (Fsp3) is 0.667. The molecule has 1 saturated heterocycles. The van der Waals surface area contributed by atoms with Gasteiger partial charge in [0.2, 0.25) is 0 Å². The predicted octanol–water partition coefficient (Wildman–Crippen LogP) is 3.01. The van der Waals surface area contributed by atoms with Crippen molar-refractivity contribution in [2.45, 2.75) is 50.7 Å². The summed E-state index contributed by atoms with van der Waals surface area (Å²) in [6.45, 7) is 7.37. The molecule has 118 valence electrons. The molecule has 1 heterocycles. The van der Waals surface area contributed by atoms with E-state index in [0.29, 0.717) is 12.0 Å². The van der Waals surface area contributed by atoms with Crippen LogP contribution in [0.25, 0.3) is 0 Å². The summed E-state index contributed by atoms with van der Waals surface area (Å²) in [6, 6.07) is 11.2. The van der Waals surface area contributed by atoms with Gasteiger partial charge in [-0.25, -0.2) is 0 Å². The van der Waals surface area contributed by atoms with E-state index in [0.717, 1.165) is 32.5 Å². The van der Waals surface area contributed by atoms with E-state index in [4.69, 9.17) is 10.5 Å². The van der Waals surface area contributed by atoms with E-state index in [1.165, 1.54) is 12.0 Å². The average Bonchev–Trinajstić information content (AvgIpc) is 2.53. The van der Waals surface area contributed by atoms with Crippen LogP contribution in [0.2, 0.25) is 0 Å². The zero-order valence-corrected chi connectivity index (χ0v) is 13.7. The van der Waals surface area contributed by atoms with E-state index < -0.39 is 0 Å². The first-order chi connectivity index (χ1) is 10.1. The number of benzene rings is 1. The Kier molecular flexibility index (Phi) is 5.80. The Hall–Kier alpha value is -0.900. The van der Waals surface area contributed by atoms with Gasteiger partial charge < -0.3 is 10.5 Å². The Bertz CT molecular complexity index is 422. The summed E-state index contributed by atoms with van der Waals surface area (Å²) in [5.41, 5.74) is 7.47. The van der Waals surface area contributed by atoms with Gasteiger partial charge in [0.05, 0.1) is 5.60 Å². The minimum atomic E-state index is -0.0122. The highest BCUT2D eigenvalue weighted by molar-refractivity contribution is 5.19. The van der Waals surface area contributed by atoms with Gasteiger partial charge in [0.1, 0.15) is 0 Å². The second-order valence-electron chi connectivity index (χ2n) is 6.67. The van der Waals surface area contributed by atoms with Crippen molar-refractivity contribution in [1.82, 2.24) is 4.90 Å². The molecule has 2 rings (SSSR count). The van der Waals surface area contributed by atoms with Crippen molar-refractivity contribution in [3.8, 4) is 0 Å². The lowest BCUT2D eigenvalue weighted by atomic mass is 9.89. The molecule has 1 fully saturated rings. The summed E-state index contributed by atoms with van der Waals surface area (Å²) in [5, 5.41) is 0. The number of hydrogen-bond donors (Lipinski definition) is 1. The summed E-state index contributed by atoms with van der Waals surface area (Å²) in [7, 11) is 1.83. The zero-order valence-electron chi connectivity index (χ0n) is 13.7. The monoisotopic (exact) mass is 290 g/mol. The third kappa shape index (κ3) is 4.29. The molecule has 1 aromatic carbocycles. The van der Waals surface area contributed by atoms with Crippen molar-refractivity contribution in [2.24, 2.45) is 5.73 Å². The van der Waals surface area contributed by atoms with Crippen LogP contribution in [0.3, 0.4) is 0 Å². The lowest BCUT2D eigenvalue weighted by Gasteiger charge is -2.43. The normalized spacial score (nSPS) is 26.5. The molecule has 0 saturated carbocycles. The standard InChI is InChI=1S/C18H30N2O/c1-15(16-8-5-4-6-9-16)12-17(13-19)20-11-7-10-18(2,14-20)21-3/h4-6,8-9,15,17H,7,10-14,19H2,1-3H3. The maximum absolute atomic E-state index is 6.08. The van der Waals surface area contributed by atoms with Crippen LogP contribution in [0.5, 0.6) is 0 Å². The zero-order chi connectivity index (χ0) is 15.3.